The number of rotatable bonds is 4. The Bertz CT molecular complexity index is 383. The summed E-state index contributed by atoms with van der Waals surface area (Å²) in [5.74, 6) is 0.726. The number of halogens is 1. The summed E-state index contributed by atoms with van der Waals surface area (Å²) in [6, 6.07) is 5.88. The van der Waals surface area contributed by atoms with Crippen molar-refractivity contribution >= 4 is 0 Å². The van der Waals surface area contributed by atoms with E-state index in [2.05, 4.69) is 5.32 Å². The van der Waals surface area contributed by atoms with Crippen LogP contribution in [0.15, 0.2) is 18.2 Å². The van der Waals surface area contributed by atoms with Crippen molar-refractivity contribution in [2.45, 2.75) is 51.5 Å². The van der Waals surface area contributed by atoms with Crippen LogP contribution in [0.2, 0.25) is 0 Å². The van der Waals surface area contributed by atoms with Gasteiger partial charge in [0.15, 0.2) is 0 Å². The second-order valence-electron chi connectivity index (χ2n) is 5.56. The van der Waals surface area contributed by atoms with Crippen LogP contribution in [0.25, 0.3) is 0 Å². The van der Waals surface area contributed by atoms with Crippen molar-refractivity contribution in [3.05, 3.63) is 35.1 Å². The van der Waals surface area contributed by atoms with E-state index in [4.69, 9.17) is 0 Å². The molecule has 1 aromatic carbocycles. The van der Waals surface area contributed by atoms with Crippen LogP contribution in [0.1, 0.15) is 55.7 Å². The van der Waals surface area contributed by atoms with E-state index in [1.807, 2.05) is 32.2 Å². The summed E-state index contributed by atoms with van der Waals surface area (Å²) >= 11 is 0. The highest BCUT2D eigenvalue weighted by Gasteiger charge is 2.21. The lowest BCUT2D eigenvalue weighted by Gasteiger charge is -2.27. The molecule has 2 rings (SSSR count). The maximum Gasteiger partial charge on any atom is 0.130 e. The van der Waals surface area contributed by atoms with Gasteiger partial charge >= 0.3 is 0 Å². The van der Waals surface area contributed by atoms with Crippen molar-refractivity contribution in [1.29, 1.82) is 0 Å². The zero-order chi connectivity index (χ0) is 13.0. The number of hydrogen-bond donors (Lipinski definition) is 1. The van der Waals surface area contributed by atoms with E-state index in [0.717, 1.165) is 23.5 Å². The van der Waals surface area contributed by atoms with Gasteiger partial charge < -0.3 is 5.32 Å². The van der Waals surface area contributed by atoms with E-state index in [-0.39, 0.29) is 11.9 Å². The SMILES string of the molecule is CNC(CC1CCCCC1)c1cccc(C)c1F. The van der Waals surface area contributed by atoms with Crippen molar-refractivity contribution in [3.8, 4) is 0 Å². The Labute approximate surface area is 110 Å². The normalized spacial score (nSPS) is 18.8. The van der Waals surface area contributed by atoms with Crippen LogP contribution in [0.4, 0.5) is 4.39 Å². The second-order valence-corrected chi connectivity index (χ2v) is 5.56. The number of aryl methyl sites for hydroxylation is 1. The molecule has 0 saturated heterocycles. The van der Waals surface area contributed by atoms with Gasteiger partial charge in [-0.2, -0.15) is 0 Å². The average molecular weight is 249 g/mol. The van der Waals surface area contributed by atoms with Crippen LogP contribution in [0, 0.1) is 18.7 Å². The third kappa shape index (κ3) is 3.11. The third-order valence-electron chi connectivity index (χ3n) is 4.24. The van der Waals surface area contributed by atoms with E-state index < -0.39 is 0 Å². The first-order valence-corrected chi connectivity index (χ1v) is 7.14. The maximum atomic E-state index is 14.2. The zero-order valence-corrected chi connectivity index (χ0v) is 11.5. The van der Waals surface area contributed by atoms with Gasteiger partial charge in [-0.05, 0) is 31.9 Å². The Balaban J connectivity index is 2.09. The first kappa shape index (κ1) is 13.5. The van der Waals surface area contributed by atoms with Crippen molar-refractivity contribution in [2.24, 2.45) is 5.92 Å². The van der Waals surface area contributed by atoms with E-state index >= 15 is 0 Å². The topological polar surface area (TPSA) is 12.0 Å². The van der Waals surface area contributed by atoms with Crippen LogP contribution in [-0.2, 0) is 0 Å². The summed E-state index contributed by atoms with van der Waals surface area (Å²) in [7, 11) is 1.94. The predicted molar refractivity (Wildman–Crippen MR) is 74.1 cm³/mol. The lowest BCUT2D eigenvalue weighted by Crippen LogP contribution is -2.22. The fourth-order valence-corrected chi connectivity index (χ4v) is 3.10. The van der Waals surface area contributed by atoms with Crippen LogP contribution >= 0.6 is 0 Å². The first-order valence-electron chi connectivity index (χ1n) is 7.14. The lowest BCUT2D eigenvalue weighted by atomic mass is 9.83. The smallest absolute Gasteiger partial charge is 0.130 e. The predicted octanol–water partition coefficient (Wildman–Crippen LogP) is 4.37. The lowest BCUT2D eigenvalue weighted by molar-refractivity contribution is 0.303. The van der Waals surface area contributed by atoms with Crippen molar-refractivity contribution in [2.75, 3.05) is 7.05 Å². The monoisotopic (exact) mass is 249 g/mol. The van der Waals surface area contributed by atoms with Gasteiger partial charge in [-0.25, -0.2) is 4.39 Å². The Morgan fingerprint density at radius 3 is 2.67 bits per heavy atom. The minimum atomic E-state index is -0.0346. The van der Waals surface area contributed by atoms with E-state index in [1.165, 1.54) is 32.1 Å². The molecule has 100 valence electrons. The van der Waals surface area contributed by atoms with Crippen LogP contribution < -0.4 is 5.32 Å². The molecule has 0 aromatic heterocycles. The summed E-state index contributed by atoms with van der Waals surface area (Å²) in [6.07, 6.45) is 7.75. The summed E-state index contributed by atoms with van der Waals surface area (Å²) in [4.78, 5) is 0. The van der Waals surface area contributed by atoms with Gasteiger partial charge in [0.2, 0.25) is 0 Å². The summed E-state index contributed by atoms with van der Waals surface area (Å²) < 4.78 is 14.2. The zero-order valence-electron chi connectivity index (χ0n) is 11.5. The second kappa shape index (κ2) is 6.33. The molecule has 18 heavy (non-hydrogen) atoms. The summed E-state index contributed by atoms with van der Waals surface area (Å²) in [5.41, 5.74) is 1.58. The number of benzene rings is 1. The summed E-state index contributed by atoms with van der Waals surface area (Å²) in [6.45, 7) is 1.84. The number of nitrogens with one attached hydrogen (secondary N) is 1. The molecule has 0 heterocycles. The van der Waals surface area contributed by atoms with Crippen molar-refractivity contribution in [3.63, 3.8) is 0 Å². The molecule has 1 nitrogen and oxygen atoms in total. The van der Waals surface area contributed by atoms with Gasteiger partial charge in [0.05, 0.1) is 0 Å². The van der Waals surface area contributed by atoms with Crippen molar-refractivity contribution < 1.29 is 4.39 Å². The van der Waals surface area contributed by atoms with Crippen LogP contribution in [-0.4, -0.2) is 7.05 Å². The molecule has 1 saturated carbocycles. The highest BCUT2D eigenvalue weighted by molar-refractivity contribution is 5.27. The molecule has 1 aromatic rings. The Kier molecular flexibility index (Phi) is 4.76. The van der Waals surface area contributed by atoms with Crippen LogP contribution in [0.3, 0.4) is 0 Å². The van der Waals surface area contributed by atoms with Gasteiger partial charge in [-0.1, -0.05) is 50.3 Å². The Hall–Kier alpha value is -0.890. The molecular formula is C16H24FN. The fourth-order valence-electron chi connectivity index (χ4n) is 3.10. The number of hydrogen-bond acceptors (Lipinski definition) is 1. The molecule has 2 heteroatoms. The van der Waals surface area contributed by atoms with E-state index in [1.54, 1.807) is 0 Å². The Morgan fingerprint density at radius 2 is 2.00 bits per heavy atom. The van der Waals surface area contributed by atoms with Gasteiger partial charge in [0.1, 0.15) is 5.82 Å². The van der Waals surface area contributed by atoms with E-state index in [0.29, 0.717) is 0 Å². The highest BCUT2D eigenvalue weighted by Crippen LogP contribution is 2.32. The Morgan fingerprint density at radius 1 is 1.28 bits per heavy atom. The third-order valence-corrected chi connectivity index (χ3v) is 4.24. The molecule has 1 fully saturated rings. The minimum absolute atomic E-state index is 0.0346. The molecule has 1 aliphatic rings. The molecule has 0 spiro atoms. The molecule has 1 unspecified atom stereocenters. The standard InChI is InChI=1S/C16H24FN/c1-12-7-6-10-14(16(12)17)15(18-2)11-13-8-4-3-5-9-13/h6-7,10,13,15,18H,3-5,8-9,11H2,1-2H3. The quantitative estimate of drug-likeness (QED) is 0.835. The van der Waals surface area contributed by atoms with Crippen LogP contribution in [0.5, 0.6) is 0 Å². The van der Waals surface area contributed by atoms with Gasteiger partial charge in [-0.3, -0.25) is 0 Å². The molecule has 0 aliphatic heterocycles. The molecule has 1 N–H and O–H groups in total. The average Bonchev–Trinajstić information content (AvgIpc) is 2.41. The summed E-state index contributed by atoms with van der Waals surface area (Å²) in [5, 5.41) is 3.29. The molecule has 1 atom stereocenters. The van der Waals surface area contributed by atoms with Gasteiger partial charge in [-0.15, -0.1) is 0 Å². The molecule has 0 amide bonds. The largest absolute Gasteiger partial charge is 0.313 e. The van der Waals surface area contributed by atoms with Gasteiger partial charge in [0.25, 0.3) is 0 Å². The molecule has 1 aliphatic carbocycles. The molecule has 0 bridgehead atoms. The highest BCUT2D eigenvalue weighted by atomic mass is 19.1. The van der Waals surface area contributed by atoms with Gasteiger partial charge in [0, 0.05) is 11.6 Å². The maximum absolute atomic E-state index is 14.2. The minimum Gasteiger partial charge on any atom is -0.313 e. The molecule has 0 radical (unpaired) electrons. The molecular weight excluding hydrogens is 225 g/mol. The first-order chi connectivity index (χ1) is 8.72. The van der Waals surface area contributed by atoms with E-state index in [9.17, 15) is 4.39 Å². The van der Waals surface area contributed by atoms with Crippen molar-refractivity contribution in [1.82, 2.24) is 5.32 Å². The fraction of sp³-hybridized carbons (Fsp3) is 0.625.